The van der Waals surface area contributed by atoms with Gasteiger partial charge in [-0.3, -0.25) is 4.79 Å². The first-order chi connectivity index (χ1) is 8.63. The highest BCUT2D eigenvalue weighted by molar-refractivity contribution is 5.95. The zero-order valence-corrected chi connectivity index (χ0v) is 11.2. The number of aryl methyl sites for hydroxylation is 2. The molecule has 2 saturated carbocycles. The van der Waals surface area contributed by atoms with Crippen molar-refractivity contribution in [1.29, 1.82) is 0 Å². The van der Waals surface area contributed by atoms with Crippen LogP contribution < -0.4 is 5.32 Å². The molecule has 1 aromatic rings. The van der Waals surface area contributed by atoms with E-state index in [1.165, 1.54) is 31.2 Å². The molecule has 0 spiro atoms. The molecule has 3 atom stereocenters. The standard InChI is InChI=1S/C16H21NO/c1-10-3-6-14(11(2)7-10)16(18)17-15-9-12-4-5-13(15)8-12/h3,6-7,12-13,15H,4-5,8-9H2,1-2H3,(H,17,18)/t12-,13+,15-/m0/s1. The minimum atomic E-state index is 0.116. The highest BCUT2D eigenvalue weighted by Crippen LogP contribution is 2.44. The molecule has 1 amide bonds. The van der Waals surface area contributed by atoms with Gasteiger partial charge in [0.15, 0.2) is 0 Å². The lowest BCUT2D eigenvalue weighted by atomic mass is 9.95. The number of rotatable bonds is 2. The Balaban J connectivity index is 1.71. The van der Waals surface area contributed by atoms with Crippen molar-refractivity contribution >= 4 is 5.91 Å². The van der Waals surface area contributed by atoms with Gasteiger partial charge in [0.1, 0.15) is 0 Å². The molecule has 2 nitrogen and oxygen atoms in total. The van der Waals surface area contributed by atoms with Crippen LogP contribution in [0.15, 0.2) is 18.2 Å². The second kappa shape index (κ2) is 4.42. The fourth-order valence-corrected chi connectivity index (χ4v) is 3.74. The van der Waals surface area contributed by atoms with Gasteiger partial charge in [-0.05, 0) is 56.6 Å². The van der Waals surface area contributed by atoms with Crippen molar-refractivity contribution in [3.8, 4) is 0 Å². The quantitative estimate of drug-likeness (QED) is 0.849. The molecule has 0 saturated heterocycles. The topological polar surface area (TPSA) is 29.1 Å². The molecule has 1 N–H and O–H groups in total. The van der Waals surface area contributed by atoms with Gasteiger partial charge in [-0.25, -0.2) is 0 Å². The molecule has 2 bridgehead atoms. The molecule has 3 rings (SSSR count). The van der Waals surface area contributed by atoms with Gasteiger partial charge in [0.05, 0.1) is 0 Å². The molecule has 2 aliphatic carbocycles. The Morgan fingerprint density at radius 2 is 2.06 bits per heavy atom. The van der Waals surface area contributed by atoms with Crippen LogP contribution in [0.1, 0.15) is 47.2 Å². The summed E-state index contributed by atoms with van der Waals surface area (Å²) in [4.78, 5) is 12.3. The van der Waals surface area contributed by atoms with E-state index in [-0.39, 0.29) is 5.91 Å². The van der Waals surface area contributed by atoms with Crippen LogP contribution in [0.25, 0.3) is 0 Å². The highest BCUT2D eigenvalue weighted by Gasteiger charge is 2.40. The molecule has 2 heteroatoms. The van der Waals surface area contributed by atoms with Gasteiger partial charge in [-0.2, -0.15) is 0 Å². The van der Waals surface area contributed by atoms with Gasteiger partial charge >= 0.3 is 0 Å². The van der Waals surface area contributed by atoms with Crippen molar-refractivity contribution in [3.05, 3.63) is 34.9 Å². The largest absolute Gasteiger partial charge is 0.349 e. The predicted molar refractivity (Wildman–Crippen MR) is 72.6 cm³/mol. The van der Waals surface area contributed by atoms with E-state index in [9.17, 15) is 4.79 Å². The van der Waals surface area contributed by atoms with Gasteiger partial charge in [-0.1, -0.05) is 24.1 Å². The average Bonchev–Trinajstić information content (AvgIpc) is 2.90. The second-order valence-corrected chi connectivity index (χ2v) is 6.07. The Bertz CT molecular complexity index is 480. The van der Waals surface area contributed by atoms with E-state index < -0.39 is 0 Å². The molecule has 0 radical (unpaired) electrons. The van der Waals surface area contributed by atoms with Crippen LogP contribution in [0.4, 0.5) is 0 Å². The minimum Gasteiger partial charge on any atom is -0.349 e. The van der Waals surface area contributed by atoms with Crippen LogP contribution in [0.2, 0.25) is 0 Å². The summed E-state index contributed by atoms with van der Waals surface area (Å²) in [7, 11) is 0. The fourth-order valence-electron chi connectivity index (χ4n) is 3.74. The zero-order chi connectivity index (χ0) is 12.7. The van der Waals surface area contributed by atoms with Gasteiger partial charge in [0, 0.05) is 11.6 Å². The van der Waals surface area contributed by atoms with Crippen molar-refractivity contribution in [2.75, 3.05) is 0 Å². The number of nitrogens with one attached hydrogen (secondary N) is 1. The maximum Gasteiger partial charge on any atom is 0.251 e. The lowest BCUT2D eigenvalue weighted by molar-refractivity contribution is 0.0922. The Kier molecular flexibility index (Phi) is 2.89. The second-order valence-electron chi connectivity index (χ2n) is 6.07. The highest BCUT2D eigenvalue weighted by atomic mass is 16.1. The van der Waals surface area contributed by atoms with Gasteiger partial charge in [0.25, 0.3) is 5.91 Å². The minimum absolute atomic E-state index is 0.116. The molecule has 0 aromatic heterocycles. The van der Waals surface area contributed by atoms with E-state index in [1.807, 2.05) is 19.1 Å². The molecule has 2 aliphatic rings. The number of hydrogen-bond acceptors (Lipinski definition) is 1. The molecule has 0 unspecified atom stereocenters. The maximum absolute atomic E-state index is 12.3. The zero-order valence-electron chi connectivity index (χ0n) is 11.2. The fraction of sp³-hybridized carbons (Fsp3) is 0.562. The lowest BCUT2D eigenvalue weighted by Crippen LogP contribution is -2.38. The summed E-state index contributed by atoms with van der Waals surface area (Å²) in [5, 5.41) is 3.25. The monoisotopic (exact) mass is 243 g/mol. The number of fused-ring (bicyclic) bond motifs is 2. The third-order valence-corrected chi connectivity index (χ3v) is 4.68. The molecule has 18 heavy (non-hydrogen) atoms. The van der Waals surface area contributed by atoms with E-state index in [0.717, 1.165) is 23.0 Å². The number of benzene rings is 1. The van der Waals surface area contributed by atoms with Crippen molar-refractivity contribution in [2.24, 2.45) is 11.8 Å². The number of carbonyl (C=O) groups excluding carboxylic acids is 1. The summed E-state index contributed by atoms with van der Waals surface area (Å²) in [5.74, 6) is 1.73. The van der Waals surface area contributed by atoms with Gasteiger partial charge in [-0.15, -0.1) is 0 Å². The van der Waals surface area contributed by atoms with Crippen LogP contribution >= 0.6 is 0 Å². The Morgan fingerprint density at radius 1 is 1.22 bits per heavy atom. The maximum atomic E-state index is 12.3. The molecule has 2 fully saturated rings. The van der Waals surface area contributed by atoms with E-state index in [0.29, 0.717) is 6.04 Å². The molecular weight excluding hydrogens is 222 g/mol. The normalized spacial score (nSPS) is 29.6. The van der Waals surface area contributed by atoms with Crippen molar-refractivity contribution < 1.29 is 4.79 Å². The smallest absolute Gasteiger partial charge is 0.251 e. The SMILES string of the molecule is Cc1ccc(C(=O)N[C@H]2C[C@H]3CC[C@@H]2C3)c(C)c1. The summed E-state index contributed by atoms with van der Waals surface area (Å²) in [5.41, 5.74) is 3.13. The van der Waals surface area contributed by atoms with Crippen molar-refractivity contribution in [3.63, 3.8) is 0 Å². The van der Waals surface area contributed by atoms with E-state index >= 15 is 0 Å². The van der Waals surface area contributed by atoms with E-state index in [4.69, 9.17) is 0 Å². The van der Waals surface area contributed by atoms with Crippen LogP contribution in [0.3, 0.4) is 0 Å². The van der Waals surface area contributed by atoms with Crippen LogP contribution in [-0.4, -0.2) is 11.9 Å². The Hall–Kier alpha value is -1.31. The number of amides is 1. The molecule has 0 heterocycles. The first kappa shape index (κ1) is 11.8. The van der Waals surface area contributed by atoms with Crippen LogP contribution in [-0.2, 0) is 0 Å². The summed E-state index contributed by atoms with van der Waals surface area (Å²) in [6.07, 6.45) is 5.21. The van der Waals surface area contributed by atoms with Gasteiger partial charge < -0.3 is 5.32 Å². The third-order valence-electron chi connectivity index (χ3n) is 4.68. The molecule has 96 valence electrons. The lowest BCUT2D eigenvalue weighted by Gasteiger charge is -2.23. The predicted octanol–water partition coefficient (Wildman–Crippen LogP) is 3.22. The van der Waals surface area contributed by atoms with Crippen LogP contribution in [0.5, 0.6) is 0 Å². The number of hydrogen-bond donors (Lipinski definition) is 1. The first-order valence-electron chi connectivity index (χ1n) is 7.01. The summed E-state index contributed by atoms with van der Waals surface area (Å²) in [6, 6.07) is 6.47. The Morgan fingerprint density at radius 3 is 2.67 bits per heavy atom. The van der Waals surface area contributed by atoms with E-state index in [2.05, 4.69) is 18.3 Å². The summed E-state index contributed by atoms with van der Waals surface area (Å²) < 4.78 is 0. The third kappa shape index (κ3) is 2.05. The Labute approximate surface area is 109 Å². The van der Waals surface area contributed by atoms with E-state index in [1.54, 1.807) is 0 Å². The van der Waals surface area contributed by atoms with Crippen LogP contribution in [0, 0.1) is 25.7 Å². The molecule has 1 aromatic carbocycles. The van der Waals surface area contributed by atoms with Crippen molar-refractivity contribution in [2.45, 2.75) is 45.6 Å². The first-order valence-corrected chi connectivity index (χ1v) is 7.01. The van der Waals surface area contributed by atoms with Gasteiger partial charge in [0.2, 0.25) is 0 Å². The number of carbonyl (C=O) groups is 1. The summed E-state index contributed by atoms with van der Waals surface area (Å²) in [6.45, 7) is 4.08. The van der Waals surface area contributed by atoms with Crippen molar-refractivity contribution in [1.82, 2.24) is 5.32 Å². The average molecular weight is 243 g/mol. The summed E-state index contributed by atoms with van der Waals surface area (Å²) >= 11 is 0. The molecular formula is C16H21NO. The molecule has 0 aliphatic heterocycles.